The normalized spacial score (nSPS) is 10.2. The SMILES string of the molecule is Cc1cccc(CCNC(=O)c2nc(NN)ccc2Cl)c1. The molecule has 1 amide bonds. The van der Waals surface area contributed by atoms with Gasteiger partial charge in [-0.05, 0) is 31.0 Å². The van der Waals surface area contributed by atoms with E-state index in [-0.39, 0.29) is 11.6 Å². The smallest absolute Gasteiger partial charge is 0.271 e. The van der Waals surface area contributed by atoms with Gasteiger partial charge in [0.05, 0.1) is 5.02 Å². The number of aromatic nitrogens is 1. The fraction of sp³-hybridized carbons (Fsp3) is 0.200. The zero-order chi connectivity index (χ0) is 15.2. The molecule has 1 aromatic carbocycles. The second-order valence-electron chi connectivity index (χ2n) is 4.67. The number of nitrogens with one attached hydrogen (secondary N) is 2. The molecule has 0 aliphatic heterocycles. The highest BCUT2D eigenvalue weighted by atomic mass is 35.5. The summed E-state index contributed by atoms with van der Waals surface area (Å²) in [5, 5.41) is 3.10. The molecule has 5 nitrogen and oxygen atoms in total. The summed E-state index contributed by atoms with van der Waals surface area (Å²) in [6, 6.07) is 11.4. The lowest BCUT2D eigenvalue weighted by atomic mass is 10.1. The molecule has 0 atom stereocenters. The van der Waals surface area contributed by atoms with Crippen molar-refractivity contribution in [1.82, 2.24) is 10.3 Å². The number of carbonyl (C=O) groups excluding carboxylic acids is 1. The molecule has 21 heavy (non-hydrogen) atoms. The highest BCUT2D eigenvalue weighted by Crippen LogP contribution is 2.16. The lowest BCUT2D eigenvalue weighted by molar-refractivity contribution is 0.0949. The molecule has 0 bridgehead atoms. The number of rotatable bonds is 5. The first-order valence-corrected chi connectivity index (χ1v) is 6.95. The van der Waals surface area contributed by atoms with Gasteiger partial charge in [0, 0.05) is 6.54 Å². The fourth-order valence-electron chi connectivity index (χ4n) is 1.95. The van der Waals surface area contributed by atoms with Gasteiger partial charge in [-0.1, -0.05) is 41.4 Å². The summed E-state index contributed by atoms with van der Waals surface area (Å²) in [6.45, 7) is 2.55. The van der Waals surface area contributed by atoms with E-state index >= 15 is 0 Å². The van der Waals surface area contributed by atoms with Crippen molar-refractivity contribution in [2.75, 3.05) is 12.0 Å². The number of nitrogen functional groups attached to an aromatic ring is 1. The van der Waals surface area contributed by atoms with Crippen molar-refractivity contribution in [3.05, 3.63) is 58.2 Å². The lowest BCUT2D eigenvalue weighted by Crippen LogP contribution is -2.27. The van der Waals surface area contributed by atoms with Crippen LogP contribution in [0.5, 0.6) is 0 Å². The van der Waals surface area contributed by atoms with Crippen molar-refractivity contribution >= 4 is 23.3 Å². The average Bonchev–Trinajstić information content (AvgIpc) is 2.47. The summed E-state index contributed by atoms with van der Waals surface area (Å²) in [6.07, 6.45) is 0.750. The number of nitrogens with two attached hydrogens (primary N) is 1. The summed E-state index contributed by atoms with van der Waals surface area (Å²) >= 11 is 5.97. The number of benzene rings is 1. The average molecular weight is 305 g/mol. The van der Waals surface area contributed by atoms with Gasteiger partial charge in [0.1, 0.15) is 11.5 Å². The van der Waals surface area contributed by atoms with Crippen LogP contribution in [0.15, 0.2) is 36.4 Å². The zero-order valence-electron chi connectivity index (χ0n) is 11.7. The van der Waals surface area contributed by atoms with Gasteiger partial charge in [-0.3, -0.25) is 4.79 Å². The number of carbonyl (C=O) groups is 1. The molecular formula is C15H17ClN4O. The molecule has 1 heterocycles. The van der Waals surface area contributed by atoms with Gasteiger partial charge in [-0.25, -0.2) is 10.8 Å². The van der Waals surface area contributed by atoms with Crippen LogP contribution in [-0.2, 0) is 6.42 Å². The van der Waals surface area contributed by atoms with E-state index in [0.29, 0.717) is 17.4 Å². The first-order chi connectivity index (χ1) is 10.1. The van der Waals surface area contributed by atoms with Crippen LogP contribution in [0.1, 0.15) is 21.6 Å². The number of anilines is 1. The molecule has 2 aromatic rings. The maximum Gasteiger partial charge on any atom is 0.271 e. The number of hydrogen-bond acceptors (Lipinski definition) is 4. The standard InChI is InChI=1S/C15H17ClN4O/c1-10-3-2-4-11(9-10)7-8-18-15(21)14-12(16)5-6-13(19-14)20-17/h2-6,9H,7-8,17H2,1H3,(H,18,21)(H,19,20). The largest absolute Gasteiger partial charge is 0.350 e. The third-order valence-electron chi connectivity index (χ3n) is 2.99. The molecule has 0 fully saturated rings. The van der Waals surface area contributed by atoms with Crippen molar-refractivity contribution in [2.24, 2.45) is 5.84 Å². The van der Waals surface area contributed by atoms with Gasteiger partial charge in [0.25, 0.3) is 5.91 Å². The number of nitrogens with zero attached hydrogens (tertiary/aromatic N) is 1. The van der Waals surface area contributed by atoms with Crippen LogP contribution in [0.2, 0.25) is 5.02 Å². The third kappa shape index (κ3) is 4.18. The van der Waals surface area contributed by atoms with Crippen LogP contribution in [-0.4, -0.2) is 17.4 Å². The first kappa shape index (κ1) is 15.3. The maximum absolute atomic E-state index is 12.1. The Morgan fingerprint density at radius 3 is 2.86 bits per heavy atom. The Morgan fingerprint density at radius 2 is 2.14 bits per heavy atom. The molecule has 0 aliphatic carbocycles. The molecule has 0 spiro atoms. The Morgan fingerprint density at radius 1 is 1.33 bits per heavy atom. The molecule has 0 aliphatic rings. The Bertz CT molecular complexity index is 645. The maximum atomic E-state index is 12.1. The van der Waals surface area contributed by atoms with Gasteiger partial charge in [0.15, 0.2) is 0 Å². The molecule has 6 heteroatoms. The first-order valence-electron chi connectivity index (χ1n) is 6.57. The Kier molecular flexibility index (Phi) is 5.14. The van der Waals surface area contributed by atoms with E-state index in [4.69, 9.17) is 17.4 Å². The van der Waals surface area contributed by atoms with E-state index in [1.807, 2.05) is 25.1 Å². The fourth-order valence-corrected chi connectivity index (χ4v) is 2.14. The molecular weight excluding hydrogens is 288 g/mol. The summed E-state index contributed by atoms with van der Waals surface area (Å²) in [5.41, 5.74) is 4.92. The monoisotopic (exact) mass is 304 g/mol. The Hall–Kier alpha value is -2.11. The van der Waals surface area contributed by atoms with Crippen LogP contribution in [0.25, 0.3) is 0 Å². The minimum Gasteiger partial charge on any atom is -0.350 e. The Balaban J connectivity index is 1.96. The molecule has 110 valence electrons. The van der Waals surface area contributed by atoms with E-state index in [9.17, 15) is 4.79 Å². The van der Waals surface area contributed by atoms with Gasteiger partial charge in [-0.2, -0.15) is 0 Å². The predicted octanol–water partition coefficient (Wildman–Crippen LogP) is 2.30. The van der Waals surface area contributed by atoms with Crippen LogP contribution >= 0.6 is 11.6 Å². The summed E-state index contributed by atoms with van der Waals surface area (Å²) in [4.78, 5) is 16.1. The highest BCUT2D eigenvalue weighted by Gasteiger charge is 2.12. The van der Waals surface area contributed by atoms with Crippen molar-refractivity contribution in [3.8, 4) is 0 Å². The third-order valence-corrected chi connectivity index (χ3v) is 3.30. The molecule has 0 saturated heterocycles. The van der Waals surface area contributed by atoms with Gasteiger partial charge < -0.3 is 10.7 Å². The highest BCUT2D eigenvalue weighted by molar-refractivity contribution is 6.33. The van der Waals surface area contributed by atoms with Crippen LogP contribution in [0.4, 0.5) is 5.82 Å². The van der Waals surface area contributed by atoms with E-state index < -0.39 is 0 Å². The number of pyridine rings is 1. The van der Waals surface area contributed by atoms with Gasteiger partial charge >= 0.3 is 0 Å². The zero-order valence-corrected chi connectivity index (χ0v) is 12.4. The van der Waals surface area contributed by atoms with E-state index in [0.717, 1.165) is 6.42 Å². The number of aryl methyl sites for hydroxylation is 1. The topological polar surface area (TPSA) is 80.0 Å². The Labute approximate surface area is 128 Å². The van der Waals surface area contributed by atoms with E-state index in [2.05, 4.69) is 21.8 Å². The van der Waals surface area contributed by atoms with Crippen molar-refractivity contribution in [1.29, 1.82) is 0 Å². The molecule has 2 rings (SSSR count). The number of hydrogen-bond donors (Lipinski definition) is 3. The van der Waals surface area contributed by atoms with Crippen molar-refractivity contribution in [2.45, 2.75) is 13.3 Å². The molecule has 0 radical (unpaired) electrons. The second-order valence-corrected chi connectivity index (χ2v) is 5.07. The van der Waals surface area contributed by atoms with E-state index in [1.54, 1.807) is 12.1 Å². The summed E-state index contributed by atoms with van der Waals surface area (Å²) in [5.74, 6) is 5.35. The minimum absolute atomic E-state index is 0.163. The number of amides is 1. The van der Waals surface area contributed by atoms with Crippen molar-refractivity contribution < 1.29 is 4.79 Å². The quantitative estimate of drug-likeness (QED) is 0.585. The summed E-state index contributed by atoms with van der Waals surface area (Å²) in [7, 11) is 0. The van der Waals surface area contributed by atoms with Gasteiger partial charge in [0.2, 0.25) is 0 Å². The number of halogens is 1. The van der Waals surface area contributed by atoms with Gasteiger partial charge in [-0.15, -0.1) is 0 Å². The van der Waals surface area contributed by atoms with Crippen LogP contribution in [0.3, 0.4) is 0 Å². The van der Waals surface area contributed by atoms with E-state index in [1.165, 1.54) is 11.1 Å². The number of hydrazine groups is 1. The molecule has 1 aromatic heterocycles. The van der Waals surface area contributed by atoms with Crippen molar-refractivity contribution in [3.63, 3.8) is 0 Å². The molecule has 0 saturated carbocycles. The second kappa shape index (κ2) is 7.06. The molecule has 0 unspecified atom stereocenters. The van der Waals surface area contributed by atoms with Crippen LogP contribution in [0, 0.1) is 6.92 Å². The molecule has 4 N–H and O–H groups in total. The lowest BCUT2D eigenvalue weighted by Gasteiger charge is -2.08. The minimum atomic E-state index is -0.315. The van der Waals surface area contributed by atoms with Crippen LogP contribution < -0.4 is 16.6 Å². The predicted molar refractivity (Wildman–Crippen MR) is 84.3 cm³/mol. The summed E-state index contributed by atoms with van der Waals surface area (Å²) < 4.78 is 0.